The quantitative estimate of drug-likeness (QED) is 0.768. The lowest BCUT2D eigenvalue weighted by atomic mass is 10.1. The van der Waals surface area contributed by atoms with Gasteiger partial charge in [-0.25, -0.2) is 8.42 Å². The van der Waals surface area contributed by atoms with Gasteiger partial charge in [-0.15, -0.1) is 0 Å². The number of rotatable bonds is 4. The molecule has 0 spiro atoms. The van der Waals surface area contributed by atoms with Crippen molar-refractivity contribution in [3.63, 3.8) is 0 Å². The highest BCUT2D eigenvalue weighted by Crippen LogP contribution is 2.19. The van der Waals surface area contributed by atoms with Gasteiger partial charge in [-0.3, -0.25) is 20.4 Å². The Morgan fingerprint density at radius 3 is 2.69 bits per heavy atom. The second-order valence-corrected chi connectivity index (χ2v) is 8.72. The van der Waals surface area contributed by atoms with E-state index < -0.39 is 27.6 Å². The van der Waals surface area contributed by atoms with Gasteiger partial charge in [0, 0.05) is 11.4 Å². The molecule has 1 aliphatic rings. The molecule has 2 amide bonds. The SMILES string of the molecule is Cc1cc(C(=O)NNC(=O)[C@H]2CCS(=O)(=O)C2)c(C)n1Cc1ccco1. The Bertz CT molecular complexity index is 928. The maximum absolute atomic E-state index is 12.4. The predicted molar refractivity (Wildman–Crippen MR) is 94.1 cm³/mol. The summed E-state index contributed by atoms with van der Waals surface area (Å²) in [6, 6.07) is 5.39. The number of carbonyl (C=O) groups excluding carboxylic acids is 2. The molecular formula is C17H21N3O5S. The van der Waals surface area contributed by atoms with Crippen LogP contribution in [0.25, 0.3) is 0 Å². The summed E-state index contributed by atoms with van der Waals surface area (Å²) in [6.07, 6.45) is 1.87. The second-order valence-electron chi connectivity index (χ2n) is 6.49. The number of hydrogen-bond donors (Lipinski definition) is 2. The zero-order valence-corrected chi connectivity index (χ0v) is 15.4. The van der Waals surface area contributed by atoms with E-state index >= 15 is 0 Å². The highest BCUT2D eigenvalue weighted by molar-refractivity contribution is 7.91. The summed E-state index contributed by atoms with van der Waals surface area (Å²) in [5.74, 6) is -0.942. The normalized spacial score (nSPS) is 18.6. The Balaban J connectivity index is 1.64. The molecule has 2 aromatic rings. The number of hydrogen-bond acceptors (Lipinski definition) is 5. The maximum Gasteiger partial charge on any atom is 0.271 e. The molecule has 1 fully saturated rings. The fourth-order valence-electron chi connectivity index (χ4n) is 3.12. The molecular weight excluding hydrogens is 358 g/mol. The van der Waals surface area contributed by atoms with Crippen molar-refractivity contribution in [2.75, 3.05) is 11.5 Å². The molecule has 0 saturated carbocycles. The van der Waals surface area contributed by atoms with Crippen molar-refractivity contribution in [1.82, 2.24) is 15.4 Å². The van der Waals surface area contributed by atoms with Gasteiger partial charge in [0.25, 0.3) is 5.91 Å². The van der Waals surface area contributed by atoms with Crippen LogP contribution in [0.1, 0.15) is 33.9 Å². The van der Waals surface area contributed by atoms with E-state index in [-0.39, 0.29) is 17.9 Å². The number of furan rings is 1. The molecule has 1 atom stereocenters. The van der Waals surface area contributed by atoms with E-state index in [1.165, 1.54) is 0 Å². The number of sulfone groups is 1. The van der Waals surface area contributed by atoms with Crippen molar-refractivity contribution in [3.8, 4) is 0 Å². The first kappa shape index (κ1) is 18.2. The van der Waals surface area contributed by atoms with E-state index in [1.807, 2.05) is 24.5 Å². The third kappa shape index (κ3) is 3.82. The lowest BCUT2D eigenvalue weighted by Gasteiger charge is -2.11. The van der Waals surface area contributed by atoms with Crippen LogP contribution in [0.4, 0.5) is 0 Å². The first-order chi connectivity index (χ1) is 12.3. The molecule has 1 saturated heterocycles. The number of hydrazine groups is 1. The molecule has 0 unspecified atom stereocenters. The summed E-state index contributed by atoms with van der Waals surface area (Å²) in [5, 5.41) is 0. The summed E-state index contributed by atoms with van der Waals surface area (Å²) in [6.45, 7) is 4.20. The highest BCUT2D eigenvalue weighted by atomic mass is 32.2. The fraction of sp³-hybridized carbons (Fsp3) is 0.412. The fourth-order valence-corrected chi connectivity index (χ4v) is 4.86. The minimum atomic E-state index is -3.15. The van der Waals surface area contributed by atoms with Crippen molar-refractivity contribution in [3.05, 3.63) is 47.2 Å². The summed E-state index contributed by atoms with van der Waals surface area (Å²) in [4.78, 5) is 24.4. The number of amides is 2. The molecule has 2 aromatic heterocycles. The van der Waals surface area contributed by atoms with Gasteiger partial charge < -0.3 is 8.98 Å². The largest absolute Gasteiger partial charge is 0.467 e. The average Bonchev–Trinajstić information content (AvgIpc) is 3.28. The summed E-state index contributed by atoms with van der Waals surface area (Å²) >= 11 is 0. The van der Waals surface area contributed by atoms with Crippen molar-refractivity contribution in [2.24, 2.45) is 5.92 Å². The van der Waals surface area contributed by atoms with Crippen LogP contribution >= 0.6 is 0 Å². The maximum atomic E-state index is 12.4. The summed E-state index contributed by atoms with van der Waals surface area (Å²) in [5.41, 5.74) is 6.77. The smallest absolute Gasteiger partial charge is 0.271 e. The van der Waals surface area contributed by atoms with Crippen molar-refractivity contribution in [1.29, 1.82) is 0 Å². The zero-order valence-electron chi connectivity index (χ0n) is 14.6. The molecule has 140 valence electrons. The van der Waals surface area contributed by atoms with Crippen LogP contribution in [0.2, 0.25) is 0 Å². The molecule has 0 radical (unpaired) electrons. The van der Waals surface area contributed by atoms with Gasteiger partial charge in [0.1, 0.15) is 5.76 Å². The Labute approximate surface area is 151 Å². The van der Waals surface area contributed by atoms with E-state index in [4.69, 9.17) is 4.42 Å². The first-order valence-electron chi connectivity index (χ1n) is 8.26. The van der Waals surface area contributed by atoms with Crippen LogP contribution in [0, 0.1) is 19.8 Å². The molecule has 2 N–H and O–H groups in total. The predicted octanol–water partition coefficient (Wildman–Crippen LogP) is 0.942. The van der Waals surface area contributed by atoms with Crippen LogP contribution in [0.5, 0.6) is 0 Å². The van der Waals surface area contributed by atoms with Gasteiger partial charge >= 0.3 is 0 Å². The van der Waals surface area contributed by atoms with E-state index in [0.29, 0.717) is 12.1 Å². The van der Waals surface area contributed by atoms with Gasteiger partial charge in [-0.05, 0) is 38.5 Å². The third-order valence-corrected chi connectivity index (χ3v) is 6.38. The van der Waals surface area contributed by atoms with Gasteiger partial charge in [-0.1, -0.05) is 0 Å². The summed E-state index contributed by atoms with van der Waals surface area (Å²) in [7, 11) is -3.15. The van der Waals surface area contributed by atoms with Crippen molar-refractivity contribution >= 4 is 21.7 Å². The minimum absolute atomic E-state index is 0.00691. The number of carbonyl (C=O) groups is 2. The molecule has 3 heterocycles. The Morgan fingerprint density at radius 1 is 1.31 bits per heavy atom. The van der Waals surface area contributed by atoms with Gasteiger partial charge in [0.05, 0.1) is 35.8 Å². The number of aryl methyl sites for hydroxylation is 1. The Kier molecular flexibility index (Phi) is 4.90. The van der Waals surface area contributed by atoms with Crippen molar-refractivity contribution in [2.45, 2.75) is 26.8 Å². The Hall–Kier alpha value is -2.55. The molecule has 0 aromatic carbocycles. The lowest BCUT2D eigenvalue weighted by Crippen LogP contribution is -2.45. The third-order valence-electron chi connectivity index (χ3n) is 4.61. The standard InChI is InChI=1S/C17H21N3O5S/c1-11-8-15(12(2)20(11)9-14-4-3-6-25-14)17(22)19-18-16(21)13-5-7-26(23,24)10-13/h3-4,6,8,13H,5,7,9-10H2,1-2H3,(H,18,21)(H,19,22)/t13-/m0/s1. The van der Waals surface area contributed by atoms with E-state index in [2.05, 4.69) is 10.9 Å². The van der Waals surface area contributed by atoms with Crippen LogP contribution in [0.3, 0.4) is 0 Å². The average molecular weight is 379 g/mol. The van der Waals surface area contributed by atoms with Crippen LogP contribution in [-0.2, 0) is 21.2 Å². The molecule has 8 nitrogen and oxygen atoms in total. The van der Waals surface area contributed by atoms with Crippen LogP contribution < -0.4 is 10.9 Å². The van der Waals surface area contributed by atoms with Gasteiger partial charge in [-0.2, -0.15) is 0 Å². The van der Waals surface area contributed by atoms with Crippen LogP contribution in [0.15, 0.2) is 28.9 Å². The molecule has 0 aliphatic carbocycles. The van der Waals surface area contributed by atoms with E-state index in [0.717, 1.165) is 17.1 Å². The number of nitrogens with one attached hydrogen (secondary N) is 2. The molecule has 9 heteroatoms. The monoisotopic (exact) mass is 379 g/mol. The number of nitrogens with zero attached hydrogens (tertiary/aromatic N) is 1. The van der Waals surface area contributed by atoms with Crippen LogP contribution in [-0.4, -0.2) is 36.3 Å². The highest BCUT2D eigenvalue weighted by Gasteiger charge is 2.33. The van der Waals surface area contributed by atoms with Crippen molar-refractivity contribution < 1.29 is 22.4 Å². The topological polar surface area (TPSA) is 110 Å². The number of aromatic nitrogens is 1. The molecule has 1 aliphatic heterocycles. The lowest BCUT2D eigenvalue weighted by molar-refractivity contribution is -0.125. The molecule has 26 heavy (non-hydrogen) atoms. The second kappa shape index (κ2) is 6.99. The molecule has 0 bridgehead atoms. The van der Waals surface area contributed by atoms with Gasteiger partial charge in [0.2, 0.25) is 5.91 Å². The zero-order chi connectivity index (χ0) is 18.9. The van der Waals surface area contributed by atoms with Gasteiger partial charge in [0.15, 0.2) is 9.84 Å². The first-order valence-corrected chi connectivity index (χ1v) is 10.1. The minimum Gasteiger partial charge on any atom is -0.467 e. The van der Waals surface area contributed by atoms with E-state index in [1.54, 1.807) is 18.4 Å². The summed E-state index contributed by atoms with van der Waals surface area (Å²) < 4.78 is 30.2. The Morgan fingerprint density at radius 2 is 2.08 bits per heavy atom. The van der Waals surface area contributed by atoms with E-state index in [9.17, 15) is 18.0 Å². The molecule has 3 rings (SSSR count).